The molecule has 0 spiro atoms. The maximum absolute atomic E-state index is 13.0. The van der Waals surface area contributed by atoms with Crippen LogP contribution in [0.5, 0.6) is 0 Å². The molecule has 3 aromatic rings. The van der Waals surface area contributed by atoms with Crippen LogP contribution in [0.15, 0.2) is 78.9 Å². The number of hydrogen-bond donors (Lipinski definition) is 1. The number of amides is 1. The van der Waals surface area contributed by atoms with Crippen LogP contribution in [0.4, 0.5) is 5.69 Å². The summed E-state index contributed by atoms with van der Waals surface area (Å²) in [7, 11) is 0. The number of aromatic nitrogens is 2. The van der Waals surface area contributed by atoms with Crippen molar-refractivity contribution in [2.75, 3.05) is 6.54 Å². The van der Waals surface area contributed by atoms with Crippen LogP contribution >= 0.6 is 0 Å². The Hall–Kier alpha value is -4.27. The zero-order valence-corrected chi connectivity index (χ0v) is 17.0. The number of likely N-dealkylation sites (tertiary alicyclic amines) is 1. The number of imidazole rings is 1. The number of nitro groups is 1. The third kappa shape index (κ3) is 4.00. The fraction of sp³-hybridized carbons (Fsp3) is 0.174. The molecule has 1 saturated heterocycles. The molecule has 2 aromatic carbocycles. The van der Waals surface area contributed by atoms with Crippen LogP contribution in [0.3, 0.4) is 0 Å². The predicted octanol–water partition coefficient (Wildman–Crippen LogP) is 3.30. The number of aliphatic hydroxyl groups excluding tert-OH is 1. The van der Waals surface area contributed by atoms with E-state index in [9.17, 15) is 24.8 Å². The second-order valence-corrected chi connectivity index (χ2v) is 7.36. The minimum atomic E-state index is -0.933. The van der Waals surface area contributed by atoms with Crippen molar-refractivity contribution in [3.8, 4) is 0 Å². The van der Waals surface area contributed by atoms with Crippen molar-refractivity contribution in [1.82, 2.24) is 14.5 Å². The van der Waals surface area contributed by atoms with Gasteiger partial charge in [0.2, 0.25) is 0 Å². The number of hydrogen-bond acceptors (Lipinski definition) is 6. The smallest absolute Gasteiger partial charge is 0.295 e. The van der Waals surface area contributed by atoms with E-state index >= 15 is 0 Å². The van der Waals surface area contributed by atoms with Gasteiger partial charge in [-0.05, 0) is 12.0 Å². The molecular formula is C23H20N4O5. The molecule has 0 saturated carbocycles. The third-order valence-electron chi connectivity index (χ3n) is 5.36. The van der Waals surface area contributed by atoms with Crippen molar-refractivity contribution in [2.24, 2.45) is 0 Å². The van der Waals surface area contributed by atoms with Crippen LogP contribution in [-0.4, -0.2) is 42.7 Å². The van der Waals surface area contributed by atoms with Crippen LogP contribution in [0, 0.1) is 10.1 Å². The van der Waals surface area contributed by atoms with Crippen molar-refractivity contribution in [3.63, 3.8) is 0 Å². The standard InChI is InChI=1S/C23H20N4O5/c28-21(16-6-2-1-3-7-16)19-20(17-8-4-9-18(14-17)27(31)32)26(23(30)22(19)29)12-5-11-25-13-10-24-15-25/h1-4,6-10,13-15,20,28H,5,11-12H2/b21-19+/t20-/m0/s1. The van der Waals surface area contributed by atoms with Gasteiger partial charge in [-0.15, -0.1) is 0 Å². The summed E-state index contributed by atoms with van der Waals surface area (Å²) in [6.45, 7) is 0.797. The van der Waals surface area contributed by atoms with E-state index in [0.717, 1.165) is 0 Å². The first-order valence-corrected chi connectivity index (χ1v) is 10.0. The van der Waals surface area contributed by atoms with E-state index in [-0.39, 0.29) is 23.6 Å². The van der Waals surface area contributed by atoms with Gasteiger partial charge in [0.1, 0.15) is 5.76 Å². The summed E-state index contributed by atoms with van der Waals surface area (Å²) < 4.78 is 1.85. The molecule has 0 aliphatic carbocycles. The van der Waals surface area contributed by atoms with Gasteiger partial charge < -0.3 is 14.6 Å². The Kier molecular flexibility index (Phi) is 5.80. The van der Waals surface area contributed by atoms with Gasteiger partial charge >= 0.3 is 0 Å². The Bertz CT molecular complexity index is 1190. The highest BCUT2D eigenvalue weighted by Crippen LogP contribution is 2.40. The number of nitrogens with zero attached hydrogens (tertiary/aromatic N) is 4. The maximum atomic E-state index is 13.0. The highest BCUT2D eigenvalue weighted by molar-refractivity contribution is 6.46. The number of Topliss-reactive ketones (excluding diaryl/α,β-unsaturated/α-hetero) is 1. The van der Waals surface area contributed by atoms with Crippen LogP contribution in [-0.2, 0) is 16.1 Å². The normalized spacial score (nSPS) is 17.6. The van der Waals surface area contributed by atoms with Gasteiger partial charge in [0.05, 0.1) is 22.9 Å². The summed E-state index contributed by atoms with van der Waals surface area (Å²) in [5.41, 5.74) is 0.536. The number of non-ortho nitro benzene ring substituents is 1. The molecule has 1 aliphatic rings. The molecule has 1 atom stereocenters. The first-order valence-electron chi connectivity index (χ1n) is 10.0. The minimum absolute atomic E-state index is 0.0793. The van der Waals surface area contributed by atoms with Crippen molar-refractivity contribution in [3.05, 3.63) is 100 Å². The minimum Gasteiger partial charge on any atom is -0.507 e. The van der Waals surface area contributed by atoms with E-state index in [0.29, 0.717) is 24.1 Å². The Morgan fingerprint density at radius 3 is 2.56 bits per heavy atom. The van der Waals surface area contributed by atoms with E-state index < -0.39 is 22.7 Å². The lowest BCUT2D eigenvalue weighted by atomic mass is 9.95. The summed E-state index contributed by atoms with van der Waals surface area (Å²) >= 11 is 0. The molecule has 9 heteroatoms. The molecule has 0 radical (unpaired) electrons. The van der Waals surface area contributed by atoms with Gasteiger partial charge in [-0.2, -0.15) is 0 Å². The summed E-state index contributed by atoms with van der Waals surface area (Å²) in [4.78, 5) is 42.0. The molecule has 4 rings (SSSR count). The molecule has 1 aliphatic heterocycles. The molecule has 162 valence electrons. The Balaban J connectivity index is 1.76. The number of carbonyl (C=O) groups is 2. The van der Waals surface area contributed by atoms with E-state index in [4.69, 9.17) is 0 Å². The zero-order valence-electron chi connectivity index (χ0n) is 17.0. The van der Waals surface area contributed by atoms with Crippen LogP contribution in [0.1, 0.15) is 23.6 Å². The van der Waals surface area contributed by atoms with E-state index in [2.05, 4.69) is 4.98 Å². The molecule has 2 heterocycles. The molecular weight excluding hydrogens is 412 g/mol. The number of nitro benzene ring substituents is 1. The number of carbonyl (C=O) groups excluding carboxylic acids is 2. The third-order valence-corrected chi connectivity index (χ3v) is 5.36. The van der Waals surface area contributed by atoms with E-state index in [1.807, 2.05) is 4.57 Å². The van der Waals surface area contributed by atoms with Gasteiger partial charge in [-0.1, -0.05) is 42.5 Å². The van der Waals surface area contributed by atoms with Gasteiger partial charge in [0.15, 0.2) is 0 Å². The lowest BCUT2D eigenvalue weighted by molar-refractivity contribution is -0.384. The maximum Gasteiger partial charge on any atom is 0.295 e. The lowest BCUT2D eigenvalue weighted by Crippen LogP contribution is -2.31. The van der Waals surface area contributed by atoms with Crippen LogP contribution in [0.25, 0.3) is 5.76 Å². The first-order chi connectivity index (χ1) is 15.5. The predicted molar refractivity (Wildman–Crippen MR) is 115 cm³/mol. The van der Waals surface area contributed by atoms with Gasteiger partial charge in [0.25, 0.3) is 17.4 Å². The molecule has 9 nitrogen and oxygen atoms in total. The molecule has 1 fully saturated rings. The second-order valence-electron chi connectivity index (χ2n) is 7.36. The topological polar surface area (TPSA) is 119 Å². The first kappa shape index (κ1) is 21.0. The highest BCUT2D eigenvalue weighted by Gasteiger charge is 2.46. The van der Waals surface area contributed by atoms with Gasteiger partial charge in [-0.3, -0.25) is 19.7 Å². The highest BCUT2D eigenvalue weighted by atomic mass is 16.6. The fourth-order valence-electron chi connectivity index (χ4n) is 3.86. The Morgan fingerprint density at radius 2 is 1.88 bits per heavy atom. The monoisotopic (exact) mass is 432 g/mol. The second kappa shape index (κ2) is 8.84. The van der Waals surface area contributed by atoms with Gasteiger partial charge in [0, 0.05) is 43.2 Å². The lowest BCUT2D eigenvalue weighted by Gasteiger charge is -2.25. The Labute approximate surface area is 183 Å². The molecule has 32 heavy (non-hydrogen) atoms. The van der Waals surface area contributed by atoms with E-state index in [1.165, 1.54) is 23.1 Å². The van der Waals surface area contributed by atoms with Crippen LogP contribution in [0.2, 0.25) is 0 Å². The summed E-state index contributed by atoms with van der Waals surface area (Å²) in [5, 5.41) is 22.3. The number of aliphatic hydroxyl groups is 1. The zero-order chi connectivity index (χ0) is 22.7. The summed E-state index contributed by atoms with van der Waals surface area (Å²) in [5.74, 6) is -1.87. The van der Waals surface area contributed by atoms with Crippen LogP contribution < -0.4 is 0 Å². The van der Waals surface area contributed by atoms with Crippen molar-refractivity contribution in [2.45, 2.75) is 19.0 Å². The number of ketones is 1. The van der Waals surface area contributed by atoms with Crippen molar-refractivity contribution >= 4 is 23.1 Å². The number of rotatable bonds is 7. The largest absolute Gasteiger partial charge is 0.507 e. The molecule has 1 aromatic heterocycles. The molecule has 1 N–H and O–H groups in total. The number of benzene rings is 2. The quantitative estimate of drug-likeness (QED) is 0.201. The SMILES string of the molecule is O=C1C(=O)N(CCCn2ccnc2)[C@@H](c2cccc([N+](=O)[O-])c2)/C1=C(\O)c1ccccc1. The number of aryl methyl sites for hydroxylation is 1. The molecule has 0 bridgehead atoms. The fourth-order valence-corrected chi connectivity index (χ4v) is 3.86. The Morgan fingerprint density at radius 1 is 1.09 bits per heavy atom. The summed E-state index contributed by atoms with van der Waals surface area (Å²) in [6.07, 6.45) is 5.62. The average Bonchev–Trinajstić information content (AvgIpc) is 3.41. The molecule has 1 amide bonds. The van der Waals surface area contributed by atoms with Gasteiger partial charge in [-0.25, -0.2) is 4.98 Å². The molecule has 0 unspecified atom stereocenters. The van der Waals surface area contributed by atoms with E-state index in [1.54, 1.807) is 55.1 Å². The average molecular weight is 432 g/mol. The summed E-state index contributed by atoms with van der Waals surface area (Å²) in [6, 6.07) is 13.3. The van der Waals surface area contributed by atoms with Crippen molar-refractivity contribution < 1.29 is 19.6 Å². The van der Waals surface area contributed by atoms with Crippen molar-refractivity contribution in [1.29, 1.82) is 0 Å².